The van der Waals surface area contributed by atoms with Crippen LogP contribution in [0.25, 0.3) is 22.3 Å². The van der Waals surface area contributed by atoms with Crippen molar-refractivity contribution in [3.63, 3.8) is 0 Å². The van der Waals surface area contributed by atoms with Gasteiger partial charge >= 0.3 is 0 Å². The Labute approximate surface area is 164 Å². The number of fused-ring (bicyclic) bond motifs is 1. The molecule has 0 saturated carbocycles. The number of hydrogen-bond acceptors (Lipinski definition) is 5. The van der Waals surface area contributed by atoms with Crippen LogP contribution >= 0.6 is 0 Å². The molecule has 5 heteroatoms. The van der Waals surface area contributed by atoms with Crippen molar-refractivity contribution in [3.8, 4) is 22.9 Å². The molecule has 0 aliphatic rings. The molecule has 0 aliphatic heterocycles. The van der Waals surface area contributed by atoms with Crippen molar-refractivity contribution in [2.45, 2.75) is 6.54 Å². The SMILES string of the molecule is COc1ccc(CNc2nc(-c3ccc(OC)cc3)nc3ccccc23)cc1. The number of hydrogen-bond donors (Lipinski definition) is 1. The molecule has 5 nitrogen and oxygen atoms in total. The number of nitrogens with one attached hydrogen (secondary N) is 1. The number of nitrogens with zero attached hydrogens (tertiary/aromatic N) is 2. The molecule has 0 saturated heterocycles. The van der Waals surface area contributed by atoms with E-state index in [-0.39, 0.29) is 0 Å². The Balaban J connectivity index is 1.67. The van der Waals surface area contributed by atoms with Crippen LogP contribution in [0.3, 0.4) is 0 Å². The van der Waals surface area contributed by atoms with Gasteiger partial charge in [0.15, 0.2) is 5.82 Å². The van der Waals surface area contributed by atoms with Crippen LogP contribution in [0, 0.1) is 0 Å². The molecule has 0 amide bonds. The molecule has 0 atom stereocenters. The van der Waals surface area contributed by atoms with E-state index in [4.69, 9.17) is 19.4 Å². The Morgan fingerprint density at radius 3 is 2.07 bits per heavy atom. The Hall–Kier alpha value is -3.60. The first kappa shape index (κ1) is 17.8. The highest BCUT2D eigenvalue weighted by atomic mass is 16.5. The van der Waals surface area contributed by atoms with Gasteiger partial charge in [0.1, 0.15) is 17.3 Å². The molecular weight excluding hydrogens is 350 g/mol. The lowest BCUT2D eigenvalue weighted by Crippen LogP contribution is -2.04. The number of anilines is 1. The molecule has 0 unspecified atom stereocenters. The highest BCUT2D eigenvalue weighted by Gasteiger charge is 2.09. The predicted molar refractivity (Wildman–Crippen MR) is 112 cm³/mol. The standard InChI is InChI=1S/C23H21N3O2/c1-27-18-11-7-16(8-12-18)15-24-23-20-5-3-4-6-21(20)25-22(26-23)17-9-13-19(28-2)14-10-17/h3-14H,15H2,1-2H3,(H,24,25,26). The van der Waals surface area contributed by atoms with E-state index in [9.17, 15) is 0 Å². The lowest BCUT2D eigenvalue weighted by atomic mass is 10.1. The summed E-state index contributed by atoms with van der Waals surface area (Å²) in [4.78, 5) is 9.52. The first-order valence-corrected chi connectivity index (χ1v) is 9.05. The van der Waals surface area contributed by atoms with Crippen molar-refractivity contribution in [1.82, 2.24) is 9.97 Å². The van der Waals surface area contributed by atoms with Crippen LogP contribution in [-0.4, -0.2) is 24.2 Å². The largest absolute Gasteiger partial charge is 0.497 e. The van der Waals surface area contributed by atoms with Gasteiger partial charge in [-0.05, 0) is 54.1 Å². The van der Waals surface area contributed by atoms with Crippen molar-refractivity contribution < 1.29 is 9.47 Å². The Morgan fingerprint density at radius 1 is 0.750 bits per heavy atom. The molecule has 28 heavy (non-hydrogen) atoms. The highest BCUT2D eigenvalue weighted by Crippen LogP contribution is 2.26. The first-order chi connectivity index (χ1) is 13.8. The fraction of sp³-hybridized carbons (Fsp3) is 0.130. The van der Waals surface area contributed by atoms with E-state index in [1.165, 1.54) is 0 Å². The van der Waals surface area contributed by atoms with E-state index in [1.54, 1.807) is 14.2 Å². The molecule has 3 aromatic carbocycles. The highest BCUT2D eigenvalue weighted by molar-refractivity contribution is 5.90. The normalized spacial score (nSPS) is 10.6. The molecular formula is C23H21N3O2. The van der Waals surface area contributed by atoms with Crippen LogP contribution in [0.1, 0.15) is 5.56 Å². The number of aromatic nitrogens is 2. The molecule has 0 spiro atoms. The molecule has 1 heterocycles. The van der Waals surface area contributed by atoms with Gasteiger partial charge in [-0.3, -0.25) is 0 Å². The third-order valence-electron chi connectivity index (χ3n) is 4.57. The number of methoxy groups -OCH3 is 2. The predicted octanol–water partition coefficient (Wildman–Crippen LogP) is 4.93. The quantitative estimate of drug-likeness (QED) is 0.521. The Bertz CT molecular complexity index is 1080. The first-order valence-electron chi connectivity index (χ1n) is 9.05. The van der Waals surface area contributed by atoms with E-state index in [1.807, 2.05) is 72.8 Å². The van der Waals surface area contributed by atoms with E-state index < -0.39 is 0 Å². The zero-order valence-electron chi connectivity index (χ0n) is 15.8. The third-order valence-corrected chi connectivity index (χ3v) is 4.57. The van der Waals surface area contributed by atoms with Gasteiger partial charge in [0, 0.05) is 17.5 Å². The Kier molecular flexibility index (Phi) is 5.06. The second-order valence-corrected chi connectivity index (χ2v) is 6.34. The molecule has 0 bridgehead atoms. The molecule has 4 aromatic rings. The smallest absolute Gasteiger partial charge is 0.162 e. The summed E-state index contributed by atoms with van der Waals surface area (Å²) in [6.07, 6.45) is 0. The second-order valence-electron chi connectivity index (χ2n) is 6.34. The van der Waals surface area contributed by atoms with Crippen LogP contribution in [0.15, 0.2) is 72.8 Å². The summed E-state index contributed by atoms with van der Waals surface area (Å²) >= 11 is 0. The van der Waals surface area contributed by atoms with Crippen LogP contribution in [0.5, 0.6) is 11.5 Å². The molecule has 1 N–H and O–H groups in total. The van der Waals surface area contributed by atoms with Gasteiger partial charge in [0.05, 0.1) is 19.7 Å². The lowest BCUT2D eigenvalue weighted by Gasteiger charge is -2.12. The maximum atomic E-state index is 5.24. The fourth-order valence-electron chi connectivity index (χ4n) is 3.01. The molecule has 140 valence electrons. The van der Waals surface area contributed by atoms with Crippen LogP contribution < -0.4 is 14.8 Å². The summed E-state index contributed by atoms with van der Waals surface area (Å²) in [5.74, 6) is 3.14. The molecule has 0 fully saturated rings. The van der Waals surface area contributed by atoms with Crippen molar-refractivity contribution in [2.24, 2.45) is 0 Å². The number of benzene rings is 3. The Morgan fingerprint density at radius 2 is 1.39 bits per heavy atom. The topological polar surface area (TPSA) is 56.3 Å². The molecule has 4 rings (SSSR count). The molecule has 0 radical (unpaired) electrons. The summed E-state index contributed by atoms with van der Waals surface area (Å²) in [7, 11) is 3.32. The zero-order chi connectivity index (χ0) is 19.3. The average Bonchev–Trinajstić information content (AvgIpc) is 2.77. The van der Waals surface area contributed by atoms with Gasteiger partial charge in [-0.15, -0.1) is 0 Å². The maximum absolute atomic E-state index is 5.24. The van der Waals surface area contributed by atoms with Gasteiger partial charge in [-0.1, -0.05) is 24.3 Å². The summed E-state index contributed by atoms with van der Waals surface area (Å²) < 4.78 is 10.5. The van der Waals surface area contributed by atoms with Gasteiger partial charge in [-0.2, -0.15) is 0 Å². The van der Waals surface area contributed by atoms with E-state index >= 15 is 0 Å². The molecule has 0 aliphatic carbocycles. The zero-order valence-corrected chi connectivity index (χ0v) is 15.8. The van der Waals surface area contributed by atoms with Gasteiger partial charge in [-0.25, -0.2) is 9.97 Å². The summed E-state index contributed by atoms with van der Waals surface area (Å²) in [5.41, 5.74) is 2.99. The minimum atomic E-state index is 0.660. The minimum absolute atomic E-state index is 0.660. The third kappa shape index (κ3) is 3.74. The van der Waals surface area contributed by atoms with Crippen molar-refractivity contribution in [3.05, 3.63) is 78.4 Å². The van der Waals surface area contributed by atoms with Gasteiger partial charge in [0.2, 0.25) is 0 Å². The van der Waals surface area contributed by atoms with Crippen molar-refractivity contribution in [1.29, 1.82) is 0 Å². The van der Waals surface area contributed by atoms with Gasteiger partial charge in [0.25, 0.3) is 0 Å². The summed E-state index contributed by atoms with van der Waals surface area (Å²) in [6, 6.07) is 23.8. The van der Waals surface area contributed by atoms with Crippen LogP contribution in [-0.2, 0) is 6.54 Å². The van der Waals surface area contributed by atoms with E-state index in [0.29, 0.717) is 12.4 Å². The van der Waals surface area contributed by atoms with Crippen molar-refractivity contribution in [2.75, 3.05) is 19.5 Å². The monoisotopic (exact) mass is 371 g/mol. The van der Waals surface area contributed by atoms with Gasteiger partial charge < -0.3 is 14.8 Å². The molecule has 1 aromatic heterocycles. The number of rotatable bonds is 6. The van der Waals surface area contributed by atoms with E-state index in [0.717, 1.165) is 39.3 Å². The lowest BCUT2D eigenvalue weighted by molar-refractivity contribution is 0.414. The second kappa shape index (κ2) is 7.96. The summed E-state index contributed by atoms with van der Waals surface area (Å²) in [5, 5.41) is 4.45. The number of para-hydroxylation sites is 1. The van der Waals surface area contributed by atoms with E-state index in [2.05, 4.69) is 5.32 Å². The fourth-order valence-corrected chi connectivity index (χ4v) is 3.01. The minimum Gasteiger partial charge on any atom is -0.497 e. The van der Waals surface area contributed by atoms with Crippen molar-refractivity contribution >= 4 is 16.7 Å². The number of ether oxygens (including phenoxy) is 2. The maximum Gasteiger partial charge on any atom is 0.162 e. The van der Waals surface area contributed by atoms with Crippen LogP contribution in [0.4, 0.5) is 5.82 Å². The van der Waals surface area contributed by atoms with Crippen LogP contribution in [0.2, 0.25) is 0 Å². The average molecular weight is 371 g/mol. The summed E-state index contributed by atoms with van der Waals surface area (Å²) in [6.45, 7) is 0.660.